The zero-order valence-electron chi connectivity index (χ0n) is 13.2. The SMILES string of the molecule is Cc1ccc(CNC(=O)[C@H]2CC(=O)N(C3CCCC3)C2)cc1. The quantitative estimate of drug-likeness (QED) is 0.928. The number of carbonyl (C=O) groups excluding carboxylic acids is 2. The van der Waals surface area contributed by atoms with Gasteiger partial charge in [-0.05, 0) is 25.3 Å². The highest BCUT2D eigenvalue weighted by Gasteiger charge is 2.38. The van der Waals surface area contributed by atoms with Crippen LogP contribution in [0.1, 0.15) is 43.2 Å². The van der Waals surface area contributed by atoms with Gasteiger partial charge in [0.1, 0.15) is 0 Å². The van der Waals surface area contributed by atoms with Crippen molar-refractivity contribution in [2.45, 2.75) is 51.6 Å². The van der Waals surface area contributed by atoms with Gasteiger partial charge in [-0.3, -0.25) is 9.59 Å². The Kier molecular flexibility index (Phi) is 4.46. The van der Waals surface area contributed by atoms with E-state index >= 15 is 0 Å². The molecule has 4 heteroatoms. The standard InChI is InChI=1S/C18H24N2O2/c1-13-6-8-14(9-7-13)11-19-18(22)15-10-17(21)20(12-15)16-4-2-3-5-16/h6-9,15-16H,2-5,10-12H2,1H3,(H,19,22)/t15-/m0/s1. The van der Waals surface area contributed by atoms with Gasteiger partial charge in [0.05, 0.1) is 5.92 Å². The summed E-state index contributed by atoms with van der Waals surface area (Å²) in [7, 11) is 0. The van der Waals surface area contributed by atoms with Crippen LogP contribution in [0.5, 0.6) is 0 Å². The molecule has 2 amide bonds. The van der Waals surface area contributed by atoms with E-state index in [1.807, 2.05) is 36.1 Å². The summed E-state index contributed by atoms with van der Waals surface area (Å²) < 4.78 is 0. The predicted molar refractivity (Wildman–Crippen MR) is 85.1 cm³/mol. The number of rotatable bonds is 4. The molecular weight excluding hydrogens is 276 g/mol. The summed E-state index contributed by atoms with van der Waals surface area (Å²) in [6, 6.07) is 8.52. The maximum atomic E-state index is 12.3. The summed E-state index contributed by atoms with van der Waals surface area (Å²) >= 11 is 0. The molecule has 0 unspecified atom stereocenters. The molecule has 0 aromatic heterocycles. The molecule has 0 spiro atoms. The number of hydrogen-bond acceptors (Lipinski definition) is 2. The molecule has 0 bridgehead atoms. The molecule has 22 heavy (non-hydrogen) atoms. The number of nitrogens with zero attached hydrogens (tertiary/aromatic N) is 1. The van der Waals surface area contributed by atoms with Crippen LogP contribution in [0, 0.1) is 12.8 Å². The monoisotopic (exact) mass is 300 g/mol. The molecule has 4 nitrogen and oxygen atoms in total. The van der Waals surface area contributed by atoms with Gasteiger partial charge in [0.2, 0.25) is 11.8 Å². The van der Waals surface area contributed by atoms with Crippen molar-refractivity contribution in [2.75, 3.05) is 6.54 Å². The molecule has 1 atom stereocenters. The number of likely N-dealkylation sites (tertiary alicyclic amines) is 1. The molecule has 1 aliphatic carbocycles. The second-order valence-electron chi connectivity index (χ2n) is 6.59. The molecule has 0 radical (unpaired) electrons. The average Bonchev–Trinajstić information content (AvgIpc) is 3.15. The maximum Gasteiger partial charge on any atom is 0.225 e. The van der Waals surface area contributed by atoms with Crippen LogP contribution in [-0.4, -0.2) is 29.3 Å². The average molecular weight is 300 g/mol. The summed E-state index contributed by atoms with van der Waals surface area (Å²) in [5.74, 6) is -0.0182. The Morgan fingerprint density at radius 3 is 2.59 bits per heavy atom. The molecule has 1 saturated heterocycles. The second kappa shape index (κ2) is 6.51. The Balaban J connectivity index is 1.52. The van der Waals surface area contributed by atoms with E-state index in [4.69, 9.17) is 0 Å². The summed E-state index contributed by atoms with van der Waals surface area (Å²) in [4.78, 5) is 26.4. The third kappa shape index (κ3) is 3.32. The molecule has 1 saturated carbocycles. The van der Waals surface area contributed by atoms with Gasteiger partial charge in [-0.2, -0.15) is 0 Å². The van der Waals surface area contributed by atoms with Gasteiger partial charge in [0.25, 0.3) is 0 Å². The van der Waals surface area contributed by atoms with Gasteiger partial charge in [-0.15, -0.1) is 0 Å². The van der Waals surface area contributed by atoms with Gasteiger partial charge in [0, 0.05) is 25.6 Å². The van der Waals surface area contributed by atoms with Crippen LogP contribution in [-0.2, 0) is 16.1 Å². The Morgan fingerprint density at radius 1 is 1.23 bits per heavy atom. The minimum absolute atomic E-state index is 0.00872. The molecular formula is C18H24N2O2. The van der Waals surface area contributed by atoms with Crippen molar-refractivity contribution in [3.8, 4) is 0 Å². The van der Waals surface area contributed by atoms with Gasteiger partial charge in [0.15, 0.2) is 0 Å². The van der Waals surface area contributed by atoms with E-state index in [1.54, 1.807) is 0 Å². The van der Waals surface area contributed by atoms with Crippen LogP contribution < -0.4 is 5.32 Å². The molecule has 1 aliphatic heterocycles. The van der Waals surface area contributed by atoms with Gasteiger partial charge in [-0.1, -0.05) is 42.7 Å². The molecule has 118 valence electrons. The first-order chi connectivity index (χ1) is 10.6. The maximum absolute atomic E-state index is 12.3. The lowest BCUT2D eigenvalue weighted by atomic mass is 10.1. The van der Waals surface area contributed by atoms with Crippen molar-refractivity contribution >= 4 is 11.8 Å². The Hall–Kier alpha value is -1.84. The first-order valence-electron chi connectivity index (χ1n) is 8.26. The van der Waals surface area contributed by atoms with Crippen molar-refractivity contribution in [1.82, 2.24) is 10.2 Å². The Bertz CT molecular complexity index is 547. The zero-order valence-corrected chi connectivity index (χ0v) is 13.2. The number of aryl methyl sites for hydroxylation is 1. The van der Waals surface area contributed by atoms with E-state index in [1.165, 1.54) is 18.4 Å². The fraction of sp³-hybridized carbons (Fsp3) is 0.556. The summed E-state index contributed by atoms with van der Waals surface area (Å²) in [6.07, 6.45) is 4.99. The smallest absolute Gasteiger partial charge is 0.225 e. The van der Waals surface area contributed by atoms with Crippen molar-refractivity contribution in [1.29, 1.82) is 0 Å². The van der Waals surface area contributed by atoms with Crippen LogP contribution in [0.3, 0.4) is 0 Å². The first kappa shape index (κ1) is 15.1. The van der Waals surface area contributed by atoms with E-state index in [0.29, 0.717) is 25.6 Å². The number of nitrogens with one attached hydrogen (secondary N) is 1. The van der Waals surface area contributed by atoms with E-state index < -0.39 is 0 Å². The predicted octanol–water partition coefficient (Wildman–Crippen LogP) is 2.40. The minimum Gasteiger partial charge on any atom is -0.352 e. The van der Waals surface area contributed by atoms with Crippen molar-refractivity contribution in [3.05, 3.63) is 35.4 Å². The van der Waals surface area contributed by atoms with Crippen LogP contribution in [0.15, 0.2) is 24.3 Å². The lowest BCUT2D eigenvalue weighted by molar-refractivity contribution is -0.130. The van der Waals surface area contributed by atoms with E-state index in [2.05, 4.69) is 5.32 Å². The number of hydrogen-bond donors (Lipinski definition) is 1. The highest BCUT2D eigenvalue weighted by molar-refractivity contribution is 5.89. The Morgan fingerprint density at radius 2 is 1.91 bits per heavy atom. The van der Waals surface area contributed by atoms with Crippen LogP contribution >= 0.6 is 0 Å². The topological polar surface area (TPSA) is 49.4 Å². The van der Waals surface area contributed by atoms with Gasteiger partial charge < -0.3 is 10.2 Å². The van der Waals surface area contributed by atoms with Gasteiger partial charge >= 0.3 is 0 Å². The fourth-order valence-corrected chi connectivity index (χ4v) is 3.52. The van der Waals surface area contributed by atoms with Crippen molar-refractivity contribution < 1.29 is 9.59 Å². The van der Waals surface area contributed by atoms with Gasteiger partial charge in [-0.25, -0.2) is 0 Å². The molecule has 3 rings (SSSR count). The molecule has 1 aromatic carbocycles. The third-order valence-corrected chi connectivity index (χ3v) is 4.88. The lowest BCUT2D eigenvalue weighted by Gasteiger charge is -2.23. The molecule has 1 heterocycles. The van der Waals surface area contributed by atoms with Crippen LogP contribution in [0.25, 0.3) is 0 Å². The molecule has 1 N–H and O–H groups in total. The van der Waals surface area contributed by atoms with Crippen LogP contribution in [0.2, 0.25) is 0 Å². The lowest BCUT2D eigenvalue weighted by Crippen LogP contribution is -2.36. The second-order valence-corrected chi connectivity index (χ2v) is 6.59. The van der Waals surface area contributed by atoms with E-state index in [-0.39, 0.29) is 17.7 Å². The van der Waals surface area contributed by atoms with Crippen molar-refractivity contribution in [2.24, 2.45) is 5.92 Å². The molecule has 2 aliphatic rings. The van der Waals surface area contributed by atoms with E-state index in [0.717, 1.165) is 18.4 Å². The highest BCUT2D eigenvalue weighted by Crippen LogP contribution is 2.29. The molecule has 1 aromatic rings. The number of carbonyl (C=O) groups is 2. The largest absolute Gasteiger partial charge is 0.352 e. The van der Waals surface area contributed by atoms with Crippen LogP contribution in [0.4, 0.5) is 0 Å². The fourth-order valence-electron chi connectivity index (χ4n) is 3.52. The first-order valence-corrected chi connectivity index (χ1v) is 8.26. The minimum atomic E-state index is -0.182. The van der Waals surface area contributed by atoms with E-state index in [9.17, 15) is 9.59 Å². The summed E-state index contributed by atoms with van der Waals surface area (Å²) in [5.41, 5.74) is 2.31. The third-order valence-electron chi connectivity index (χ3n) is 4.88. The number of benzene rings is 1. The van der Waals surface area contributed by atoms with Crippen molar-refractivity contribution in [3.63, 3.8) is 0 Å². The molecule has 2 fully saturated rings. The Labute approximate surface area is 131 Å². The highest BCUT2D eigenvalue weighted by atomic mass is 16.2. The summed E-state index contributed by atoms with van der Waals surface area (Å²) in [6.45, 7) is 3.18. The summed E-state index contributed by atoms with van der Waals surface area (Å²) in [5, 5.41) is 2.97. The number of amides is 2. The zero-order chi connectivity index (χ0) is 15.5. The normalized spacial score (nSPS) is 22.3.